The number of hydrogen-bond donors (Lipinski definition) is 3. The number of nitrogens with one attached hydrogen (secondary N) is 1. The minimum atomic E-state index is 0.258. The van der Waals surface area contributed by atoms with E-state index in [2.05, 4.69) is 19.9 Å². The molecule has 0 fully saturated rings. The lowest BCUT2D eigenvalue weighted by Crippen LogP contribution is -2.04. The number of fused-ring (bicyclic) bond motifs is 1. The summed E-state index contributed by atoms with van der Waals surface area (Å²) in [5.41, 5.74) is 15.8. The molecule has 0 aliphatic rings. The second-order valence-corrected chi connectivity index (χ2v) is 5.79. The number of pyridine rings is 1. The van der Waals surface area contributed by atoms with E-state index in [1.165, 1.54) is 0 Å². The van der Waals surface area contributed by atoms with Crippen molar-refractivity contribution in [2.24, 2.45) is 5.73 Å². The first kappa shape index (κ1) is 15.3. The van der Waals surface area contributed by atoms with Crippen LogP contribution in [0.2, 0.25) is 0 Å². The van der Waals surface area contributed by atoms with Crippen LogP contribution in [0, 0.1) is 0 Å². The highest BCUT2D eigenvalue weighted by Gasteiger charge is 2.13. The lowest BCUT2D eigenvalue weighted by Gasteiger charge is -2.05. The summed E-state index contributed by atoms with van der Waals surface area (Å²) < 4.78 is 5.47. The van der Waals surface area contributed by atoms with Crippen LogP contribution < -0.4 is 11.5 Å². The fraction of sp³-hybridized carbons (Fsp3) is 0.167. The number of aromatic amines is 1. The van der Waals surface area contributed by atoms with E-state index in [0.29, 0.717) is 6.54 Å². The van der Waals surface area contributed by atoms with Gasteiger partial charge < -0.3 is 20.9 Å². The molecule has 0 unspecified atom stereocenters. The molecule has 7 nitrogen and oxygen atoms in total. The zero-order chi connectivity index (χ0) is 17.2. The van der Waals surface area contributed by atoms with E-state index in [-0.39, 0.29) is 5.95 Å². The van der Waals surface area contributed by atoms with Gasteiger partial charge in [-0.3, -0.25) is 0 Å². The molecule has 4 aromatic heterocycles. The van der Waals surface area contributed by atoms with Crippen LogP contribution in [0.15, 0.2) is 47.3 Å². The number of nitrogens with zero attached hydrogens (tertiary/aromatic N) is 3. The first-order valence-corrected chi connectivity index (χ1v) is 8.09. The highest BCUT2D eigenvalue weighted by Crippen LogP contribution is 2.30. The minimum Gasteiger partial charge on any atom is -0.464 e. The highest BCUT2D eigenvalue weighted by atomic mass is 16.3. The Labute approximate surface area is 144 Å². The molecule has 0 amide bonds. The van der Waals surface area contributed by atoms with Gasteiger partial charge in [-0.25, -0.2) is 15.0 Å². The van der Waals surface area contributed by atoms with Crippen molar-refractivity contribution in [2.45, 2.75) is 12.8 Å². The summed E-state index contributed by atoms with van der Waals surface area (Å²) in [5.74, 6) is 1.03. The lowest BCUT2D eigenvalue weighted by molar-refractivity contribution is 0.582. The Kier molecular flexibility index (Phi) is 3.91. The van der Waals surface area contributed by atoms with E-state index in [1.807, 2.05) is 30.5 Å². The number of aromatic nitrogens is 4. The Morgan fingerprint density at radius 1 is 1.20 bits per heavy atom. The van der Waals surface area contributed by atoms with Crippen LogP contribution in [-0.4, -0.2) is 26.5 Å². The molecule has 0 saturated heterocycles. The molecule has 0 bridgehead atoms. The van der Waals surface area contributed by atoms with Gasteiger partial charge in [-0.15, -0.1) is 0 Å². The second-order valence-electron chi connectivity index (χ2n) is 5.79. The van der Waals surface area contributed by atoms with Gasteiger partial charge in [0.1, 0.15) is 11.4 Å². The molecule has 4 rings (SSSR count). The first-order valence-electron chi connectivity index (χ1n) is 8.09. The number of hydrogen-bond acceptors (Lipinski definition) is 6. The van der Waals surface area contributed by atoms with Gasteiger partial charge in [0, 0.05) is 34.6 Å². The zero-order valence-corrected chi connectivity index (χ0v) is 13.6. The SMILES string of the molecule is NCCCc1cc(-c2c[nH]c3ncc(-c4ccco4)cc23)nc(N)n1. The predicted octanol–water partition coefficient (Wildman–Crippen LogP) is 2.75. The molecule has 0 saturated carbocycles. The quantitative estimate of drug-likeness (QED) is 0.516. The number of anilines is 1. The average Bonchev–Trinajstić information content (AvgIpc) is 3.28. The molecule has 4 aromatic rings. The van der Waals surface area contributed by atoms with Crippen LogP contribution in [0.3, 0.4) is 0 Å². The van der Waals surface area contributed by atoms with E-state index in [4.69, 9.17) is 15.9 Å². The van der Waals surface area contributed by atoms with E-state index >= 15 is 0 Å². The van der Waals surface area contributed by atoms with Gasteiger partial charge in [-0.2, -0.15) is 0 Å². The molecule has 0 aliphatic carbocycles. The number of H-pyrrole nitrogens is 1. The summed E-state index contributed by atoms with van der Waals surface area (Å²) in [6, 6.07) is 7.74. The normalized spacial score (nSPS) is 11.2. The summed E-state index contributed by atoms with van der Waals surface area (Å²) in [4.78, 5) is 16.3. The lowest BCUT2D eigenvalue weighted by atomic mass is 10.1. The van der Waals surface area contributed by atoms with Crippen molar-refractivity contribution in [3.05, 3.63) is 48.6 Å². The van der Waals surface area contributed by atoms with Crippen LogP contribution in [0.25, 0.3) is 33.6 Å². The van der Waals surface area contributed by atoms with Crippen LogP contribution in [0.1, 0.15) is 12.1 Å². The molecular weight excluding hydrogens is 316 g/mol. The van der Waals surface area contributed by atoms with Crippen molar-refractivity contribution in [1.29, 1.82) is 0 Å². The Morgan fingerprint density at radius 3 is 2.92 bits per heavy atom. The Morgan fingerprint density at radius 2 is 2.12 bits per heavy atom. The van der Waals surface area contributed by atoms with Crippen molar-refractivity contribution in [3.8, 4) is 22.6 Å². The van der Waals surface area contributed by atoms with Gasteiger partial charge in [0.05, 0.1) is 12.0 Å². The van der Waals surface area contributed by atoms with Crippen molar-refractivity contribution in [1.82, 2.24) is 19.9 Å². The van der Waals surface area contributed by atoms with Crippen LogP contribution in [-0.2, 0) is 6.42 Å². The fourth-order valence-electron chi connectivity index (χ4n) is 2.86. The van der Waals surface area contributed by atoms with Gasteiger partial charge in [0.2, 0.25) is 5.95 Å². The molecule has 0 spiro atoms. The van der Waals surface area contributed by atoms with Crippen LogP contribution >= 0.6 is 0 Å². The summed E-state index contributed by atoms with van der Waals surface area (Å²) in [6.07, 6.45) is 6.94. The van der Waals surface area contributed by atoms with Crippen molar-refractivity contribution in [2.75, 3.05) is 12.3 Å². The van der Waals surface area contributed by atoms with Gasteiger partial charge in [0.15, 0.2) is 0 Å². The molecule has 0 atom stereocenters. The Bertz CT molecular complexity index is 1010. The largest absolute Gasteiger partial charge is 0.464 e. The maximum atomic E-state index is 5.89. The summed E-state index contributed by atoms with van der Waals surface area (Å²) in [7, 11) is 0. The fourth-order valence-corrected chi connectivity index (χ4v) is 2.86. The molecular formula is C18H18N6O. The topological polar surface area (TPSA) is 120 Å². The van der Waals surface area contributed by atoms with Gasteiger partial charge in [-0.1, -0.05) is 0 Å². The summed E-state index contributed by atoms with van der Waals surface area (Å²) >= 11 is 0. The number of rotatable bonds is 5. The number of aryl methyl sites for hydroxylation is 1. The standard InChI is InChI=1S/C18H18N6O/c19-5-1-3-12-8-15(24-18(20)23-12)14-10-22-17-13(14)7-11(9-21-17)16-4-2-6-25-16/h2,4,6-10H,1,3,5,19H2,(H,21,22)(H2,20,23,24). The van der Waals surface area contributed by atoms with Crippen molar-refractivity contribution >= 4 is 17.0 Å². The smallest absolute Gasteiger partial charge is 0.220 e. The molecule has 0 aromatic carbocycles. The monoisotopic (exact) mass is 334 g/mol. The van der Waals surface area contributed by atoms with E-state index < -0.39 is 0 Å². The van der Waals surface area contributed by atoms with Gasteiger partial charge in [-0.05, 0) is 43.7 Å². The molecule has 4 heterocycles. The maximum Gasteiger partial charge on any atom is 0.220 e. The summed E-state index contributed by atoms with van der Waals surface area (Å²) in [6.45, 7) is 0.614. The Hall–Kier alpha value is -3.19. The average molecular weight is 334 g/mol. The molecule has 0 aliphatic heterocycles. The third kappa shape index (κ3) is 2.97. The predicted molar refractivity (Wildman–Crippen MR) is 96.6 cm³/mol. The molecule has 0 radical (unpaired) electrons. The number of nitrogens with two attached hydrogens (primary N) is 2. The van der Waals surface area contributed by atoms with Gasteiger partial charge in [0.25, 0.3) is 0 Å². The van der Waals surface area contributed by atoms with E-state index in [1.54, 1.807) is 12.5 Å². The third-order valence-corrected chi connectivity index (χ3v) is 4.05. The highest BCUT2D eigenvalue weighted by molar-refractivity contribution is 5.94. The molecule has 7 heteroatoms. The maximum absolute atomic E-state index is 5.89. The van der Waals surface area contributed by atoms with E-state index in [9.17, 15) is 0 Å². The Balaban J connectivity index is 1.81. The molecule has 126 valence electrons. The van der Waals surface area contributed by atoms with Crippen molar-refractivity contribution in [3.63, 3.8) is 0 Å². The van der Waals surface area contributed by atoms with Crippen molar-refractivity contribution < 1.29 is 4.42 Å². The number of nitrogen functional groups attached to an aromatic ring is 1. The molecule has 5 N–H and O–H groups in total. The minimum absolute atomic E-state index is 0.258. The van der Waals surface area contributed by atoms with Crippen LogP contribution in [0.4, 0.5) is 5.95 Å². The zero-order valence-electron chi connectivity index (χ0n) is 13.6. The summed E-state index contributed by atoms with van der Waals surface area (Å²) in [5, 5.41) is 0.955. The third-order valence-electron chi connectivity index (χ3n) is 4.05. The van der Waals surface area contributed by atoms with E-state index in [0.717, 1.165) is 52.2 Å². The molecule has 25 heavy (non-hydrogen) atoms. The van der Waals surface area contributed by atoms with Gasteiger partial charge >= 0.3 is 0 Å². The first-order chi connectivity index (χ1) is 12.2. The van der Waals surface area contributed by atoms with Crippen LogP contribution in [0.5, 0.6) is 0 Å². The number of furan rings is 1. The second kappa shape index (κ2) is 6.37.